The Labute approximate surface area is 130 Å². The van der Waals surface area contributed by atoms with Crippen LogP contribution in [0.1, 0.15) is 16.9 Å². The van der Waals surface area contributed by atoms with Crippen LogP contribution in [0, 0.1) is 18.3 Å². The number of hydrogen-bond acceptors (Lipinski definition) is 4. The van der Waals surface area contributed by atoms with Gasteiger partial charge < -0.3 is 14.1 Å². The van der Waals surface area contributed by atoms with Crippen molar-refractivity contribution in [1.29, 1.82) is 5.26 Å². The van der Waals surface area contributed by atoms with Crippen molar-refractivity contribution >= 4 is 17.5 Å². The summed E-state index contributed by atoms with van der Waals surface area (Å²) in [6.45, 7) is 5.14. The Morgan fingerprint density at radius 1 is 1.14 bits per heavy atom. The van der Waals surface area contributed by atoms with E-state index < -0.39 is 0 Å². The minimum absolute atomic E-state index is 0.600. The zero-order chi connectivity index (χ0) is 15.4. The van der Waals surface area contributed by atoms with Crippen LogP contribution in [0.4, 0.5) is 5.88 Å². The van der Waals surface area contributed by atoms with Gasteiger partial charge in [-0.1, -0.05) is 29.8 Å². The SMILES string of the molecule is Cc1ccc(/C(C#N)=C\c2ccc(N3CCOCC3)o2)cc1. The predicted octanol–water partition coefficient (Wildman–Crippen LogP) is 3.49. The smallest absolute Gasteiger partial charge is 0.196 e. The first kappa shape index (κ1) is 14.4. The predicted molar refractivity (Wildman–Crippen MR) is 86.4 cm³/mol. The van der Waals surface area contributed by atoms with Crippen LogP contribution in [-0.4, -0.2) is 26.3 Å². The van der Waals surface area contributed by atoms with Crippen LogP contribution in [0.3, 0.4) is 0 Å². The Morgan fingerprint density at radius 3 is 2.55 bits per heavy atom. The van der Waals surface area contributed by atoms with Crippen molar-refractivity contribution in [3.8, 4) is 6.07 Å². The lowest BCUT2D eigenvalue weighted by atomic mass is 10.0. The number of furan rings is 1. The van der Waals surface area contributed by atoms with Crippen molar-refractivity contribution in [1.82, 2.24) is 0 Å². The molecule has 1 fully saturated rings. The van der Waals surface area contributed by atoms with Crippen LogP contribution in [-0.2, 0) is 4.74 Å². The Morgan fingerprint density at radius 2 is 1.86 bits per heavy atom. The third-order valence-corrected chi connectivity index (χ3v) is 3.70. The average Bonchev–Trinajstić information content (AvgIpc) is 3.03. The van der Waals surface area contributed by atoms with E-state index in [0.717, 1.165) is 37.8 Å². The summed E-state index contributed by atoms with van der Waals surface area (Å²) >= 11 is 0. The first-order valence-electron chi connectivity index (χ1n) is 7.37. The molecule has 0 atom stereocenters. The molecule has 1 aliphatic rings. The van der Waals surface area contributed by atoms with Gasteiger partial charge in [-0.15, -0.1) is 0 Å². The number of nitrogens with zero attached hydrogens (tertiary/aromatic N) is 2. The highest BCUT2D eigenvalue weighted by Gasteiger charge is 2.14. The van der Waals surface area contributed by atoms with Gasteiger partial charge in [0, 0.05) is 19.2 Å². The molecule has 3 rings (SSSR count). The second-order valence-electron chi connectivity index (χ2n) is 5.31. The molecule has 4 heteroatoms. The number of aryl methyl sites for hydroxylation is 1. The minimum atomic E-state index is 0.600. The fourth-order valence-corrected chi connectivity index (χ4v) is 2.43. The van der Waals surface area contributed by atoms with Crippen LogP contribution in [0.2, 0.25) is 0 Å². The third-order valence-electron chi connectivity index (χ3n) is 3.70. The summed E-state index contributed by atoms with van der Waals surface area (Å²) in [6.07, 6.45) is 1.79. The zero-order valence-electron chi connectivity index (χ0n) is 12.6. The molecular weight excluding hydrogens is 276 g/mol. The zero-order valence-corrected chi connectivity index (χ0v) is 12.6. The molecule has 1 saturated heterocycles. The maximum Gasteiger partial charge on any atom is 0.196 e. The Bertz CT molecular complexity index is 701. The van der Waals surface area contributed by atoms with E-state index in [1.54, 1.807) is 6.08 Å². The lowest BCUT2D eigenvalue weighted by Gasteiger charge is -2.26. The number of rotatable bonds is 3. The monoisotopic (exact) mass is 294 g/mol. The lowest BCUT2D eigenvalue weighted by molar-refractivity contribution is 0.120. The van der Waals surface area contributed by atoms with Crippen molar-refractivity contribution in [3.05, 3.63) is 53.3 Å². The third kappa shape index (κ3) is 3.21. The summed E-state index contributed by atoms with van der Waals surface area (Å²) in [5.74, 6) is 1.52. The van der Waals surface area contributed by atoms with Gasteiger partial charge in [-0.2, -0.15) is 5.26 Å². The van der Waals surface area contributed by atoms with E-state index in [2.05, 4.69) is 11.0 Å². The highest BCUT2D eigenvalue weighted by Crippen LogP contribution is 2.24. The molecule has 2 aromatic rings. The van der Waals surface area contributed by atoms with Gasteiger partial charge in [0.05, 0.1) is 24.9 Å². The molecule has 1 aliphatic heterocycles. The first-order chi connectivity index (χ1) is 10.8. The molecule has 22 heavy (non-hydrogen) atoms. The van der Waals surface area contributed by atoms with E-state index in [-0.39, 0.29) is 0 Å². The Hall–Kier alpha value is -2.51. The molecule has 0 saturated carbocycles. The van der Waals surface area contributed by atoms with Crippen molar-refractivity contribution in [2.75, 3.05) is 31.2 Å². The molecule has 112 valence electrons. The van der Waals surface area contributed by atoms with E-state index in [0.29, 0.717) is 11.3 Å². The fraction of sp³-hybridized carbons (Fsp3) is 0.278. The number of ether oxygens (including phenoxy) is 1. The normalized spacial score (nSPS) is 15.6. The van der Waals surface area contributed by atoms with Crippen molar-refractivity contribution in [2.24, 2.45) is 0 Å². The maximum atomic E-state index is 9.38. The van der Waals surface area contributed by atoms with E-state index in [4.69, 9.17) is 9.15 Å². The molecule has 2 heterocycles. The van der Waals surface area contributed by atoms with Crippen molar-refractivity contribution in [2.45, 2.75) is 6.92 Å². The van der Waals surface area contributed by atoms with Crippen molar-refractivity contribution < 1.29 is 9.15 Å². The van der Waals surface area contributed by atoms with E-state index in [1.165, 1.54) is 5.56 Å². The maximum absolute atomic E-state index is 9.38. The summed E-state index contributed by atoms with van der Waals surface area (Å²) in [5, 5.41) is 9.38. The molecule has 0 bridgehead atoms. The van der Waals surface area contributed by atoms with Gasteiger partial charge in [0.25, 0.3) is 0 Å². The number of allylic oxidation sites excluding steroid dienone is 1. The van der Waals surface area contributed by atoms with Crippen LogP contribution < -0.4 is 4.90 Å². The molecule has 4 nitrogen and oxygen atoms in total. The molecule has 0 aliphatic carbocycles. The van der Waals surface area contributed by atoms with E-state index in [9.17, 15) is 5.26 Å². The van der Waals surface area contributed by atoms with Gasteiger partial charge in [0.2, 0.25) is 0 Å². The molecule has 0 unspecified atom stereocenters. The fourth-order valence-electron chi connectivity index (χ4n) is 2.43. The highest BCUT2D eigenvalue weighted by atomic mass is 16.5. The van der Waals surface area contributed by atoms with Gasteiger partial charge in [-0.25, -0.2) is 0 Å². The Balaban J connectivity index is 1.82. The molecule has 1 aromatic heterocycles. The topological polar surface area (TPSA) is 49.4 Å². The van der Waals surface area contributed by atoms with Crippen LogP contribution in [0.5, 0.6) is 0 Å². The van der Waals surface area contributed by atoms with Gasteiger partial charge >= 0.3 is 0 Å². The second kappa shape index (κ2) is 6.50. The molecule has 0 radical (unpaired) electrons. The molecular formula is C18H18N2O2. The quantitative estimate of drug-likeness (QED) is 0.813. The van der Waals surface area contributed by atoms with Crippen LogP contribution in [0.15, 0.2) is 40.8 Å². The number of nitriles is 1. The number of benzene rings is 1. The summed E-state index contributed by atoms with van der Waals surface area (Å²) < 4.78 is 11.2. The summed E-state index contributed by atoms with van der Waals surface area (Å²) in [7, 11) is 0. The summed E-state index contributed by atoms with van der Waals surface area (Å²) in [4.78, 5) is 2.15. The summed E-state index contributed by atoms with van der Waals surface area (Å²) in [6, 6.07) is 14.0. The first-order valence-corrected chi connectivity index (χ1v) is 7.37. The van der Waals surface area contributed by atoms with Gasteiger partial charge in [-0.05, 0) is 24.6 Å². The average molecular weight is 294 g/mol. The number of morpholine rings is 1. The molecule has 0 amide bonds. The van der Waals surface area contributed by atoms with Crippen LogP contribution in [0.25, 0.3) is 11.6 Å². The lowest BCUT2D eigenvalue weighted by Crippen LogP contribution is -2.35. The van der Waals surface area contributed by atoms with E-state index >= 15 is 0 Å². The largest absolute Gasteiger partial charge is 0.441 e. The second-order valence-corrected chi connectivity index (χ2v) is 5.31. The summed E-state index contributed by atoms with van der Waals surface area (Å²) in [5.41, 5.74) is 2.67. The molecule has 1 aromatic carbocycles. The highest BCUT2D eigenvalue weighted by molar-refractivity contribution is 5.88. The standard InChI is InChI=1S/C18H18N2O2/c1-14-2-4-15(5-3-14)16(13-19)12-17-6-7-18(22-17)20-8-10-21-11-9-20/h2-7,12H,8-11H2,1H3/b16-12-. The van der Waals surface area contributed by atoms with E-state index in [1.807, 2.05) is 43.3 Å². The molecule has 0 spiro atoms. The van der Waals surface area contributed by atoms with Gasteiger partial charge in [-0.3, -0.25) is 0 Å². The minimum Gasteiger partial charge on any atom is -0.441 e. The van der Waals surface area contributed by atoms with Gasteiger partial charge in [0.15, 0.2) is 5.88 Å². The molecule has 0 N–H and O–H groups in total. The van der Waals surface area contributed by atoms with Gasteiger partial charge in [0.1, 0.15) is 5.76 Å². The van der Waals surface area contributed by atoms with Crippen LogP contribution >= 0.6 is 0 Å². The number of hydrogen-bond donors (Lipinski definition) is 0. The Kier molecular flexibility index (Phi) is 4.27. The van der Waals surface area contributed by atoms with Crippen molar-refractivity contribution in [3.63, 3.8) is 0 Å². The number of anilines is 1.